The lowest BCUT2D eigenvalue weighted by molar-refractivity contribution is 0.0954. The van der Waals surface area contributed by atoms with E-state index in [2.05, 4.69) is 26.2 Å². The molecular weight excluding hydrogens is 342 g/mol. The highest BCUT2D eigenvalue weighted by molar-refractivity contribution is 9.10. The van der Waals surface area contributed by atoms with Crippen molar-refractivity contribution in [1.29, 1.82) is 0 Å². The molecule has 0 bridgehead atoms. The van der Waals surface area contributed by atoms with Crippen LogP contribution in [0, 0.1) is 0 Å². The van der Waals surface area contributed by atoms with Gasteiger partial charge in [-0.1, -0.05) is 23.7 Å². The maximum Gasteiger partial charge on any atom is 0.255 e. The van der Waals surface area contributed by atoms with E-state index < -0.39 is 0 Å². The van der Waals surface area contributed by atoms with E-state index in [9.17, 15) is 4.79 Å². The monoisotopic (exact) mass is 353 g/mol. The van der Waals surface area contributed by atoms with Crippen LogP contribution in [0.1, 0.15) is 15.9 Å². The van der Waals surface area contributed by atoms with Crippen molar-refractivity contribution in [2.45, 2.75) is 6.42 Å². The van der Waals surface area contributed by atoms with Crippen molar-refractivity contribution < 1.29 is 4.79 Å². The second kappa shape index (κ2) is 6.72. The standard InChI is InChI=1S/C14H13BrClN3O/c15-10-7-12(13(17)19-8-10)14(20)18-6-5-9-1-3-11(16)4-2-9/h1-4,7-8H,5-6H2,(H2,17,19)(H,18,20). The first-order chi connectivity index (χ1) is 9.56. The van der Waals surface area contributed by atoms with Crippen molar-refractivity contribution in [3.05, 3.63) is 57.2 Å². The number of nitrogens with two attached hydrogens (primary N) is 1. The van der Waals surface area contributed by atoms with E-state index in [0.717, 1.165) is 16.5 Å². The summed E-state index contributed by atoms with van der Waals surface area (Å²) in [6, 6.07) is 9.18. The SMILES string of the molecule is Nc1ncc(Br)cc1C(=O)NCCc1ccc(Cl)cc1. The lowest BCUT2D eigenvalue weighted by Gasteiger charge is -2.07. The Morgan fingerprint density at radius 2 is 2.05 bits per heavy atom. The molecule has 0 saturated heterocycles. The first-order valence-electron chi connectivity index (χ1n) is 6.00. The molecule has 3 N–H and O–H groups in total. The van der Waals surface area contributed by atoms with Gasteiger partial charge in [-0.2, -0.15) is 0 Å². The van der Waals surface area contributed by atoms with Gasteiger partial charge in [0.1, 0.15) is 5.82 Å². The number of carbonyl (C=O) groups excluding carboxylic acids is 1. The van der Waals surface area contributed by atoms with E-state index in [1.54, 1.807) is 12.3 Å². The molecule has 0 aliphatic carbocycles. The minimum Gasteiger partial charge on any atom is -0.383 e. The summed E-state index contributed by atoms with van der Waals surface area (Å²) in [7, 11) is 0. The minimum absolute atomic E-state index is 0.220. The molecule has 0 spiro atoms. The van der Waals surface area contributed by atoms with Crippen molar-refractivity contribution in [2.75, 3.05) is 12.3 Å². The van der Waals surface area contributed by atoms with Crippen LogP contribution in [-0.4, -0.2) is 17.4 Å². The van der Waals surface area contributed by atoms with Crippen LogP contribution in [0.25, 0.3) is 0 Å². The van der Waals surface area contributed by atoms with Crippen LogP contribution in [0.4, 0.5) is 5.82 Å². The number of halogens is 2. The highest BCUT2D eigenvalue weighted by atomic mass is 79.9. The molecule has 0 saturated carbocycles. The highest BCUT2D eigenvalue weighted by Crippen LogP contribution is 2.15. The zero-order valence-corrected chi connectivity index (χ0v) is 12.9. The fourth-order valence-electron chi connectivity index (χ4n) is 1.70. The van der Waals surface area contributed by atoms with Crippen molar-refractivity contribution in [3.8, 4) is 0 Å². The number of rotatable bonds is 4. The Balaban J connectivity index is 1.92. The Morgan fingerprint density at radius 1 is 1.35 bits per heavy atom. The van der Waals surface area contributed by atoms with Gasteiger partial charge < -0.3 is 11.1 Å². The summed E-state index contributed by atoms with van der Waals surface area (Å²) in [4.78, 5) is 15.9. The Labute approximate surface area is 130 Å². The number of pyridine rings is 1. The van der Waals surface area contributed by atoms with Crippen LogP contribution in [0.5, 0.6) is 0 Å². The quantitative estimate of drug-likeness (QED) is 0.886. The number of nitrogens with one attached hydrogen (secondary N) is 1. The summed E-state index contributed by atoms with van der Waals surface area (Å²) < 4.78 is 0.717. The first-order valence-corrected chi connectivity index (χ1v) is 7.17. The number of anilines is 1. The number of aromatic nitrogens is 1. The van der Waals surface area contributed by atoms with E-state index in [1.165, 1.54) is 0 Å². The number of nitrogen functional groups attached to an aromatic ring is 1. The summed E-state index contributed by atoms with van der Waals surface area (Å²) >= 11 is 9.08. The third-order valence-corrected chi connectivity index (χ3v) is 3.43. The van der Waals surface area contributed by atoms with Crippen LogP contribution in [0.3, 0.4) is 0 Å². The molecule has 0 aliphatic heterocycles. The smallest absolute Gasteiger partial charge is 0.255 e. The van der Waals surface area contributed by atoms with Crippen molar-refractivity contribution in [1.82, 2.24) is 10.3 Å². The molecule has 6 heteroatoms. The van der Waals surface area contributed by atoms with Gasteiger partial charge in [0, 0.05) is 22.2 Å². The summed E-state index contributed by atoms with van der Waals surface area (Å²) in [6.07, 6.45) is 2.28. The van der Waals surface area contributed by atoms with Crippen LogP contribution in [0.15, 0.2) is 41.0 Å². The third-order valence-electron chi connectivity index (χ3n) is 2.74. The van der Waals surface area contributed by atoms with Crippen molar-refractivity contribution in [2.24, 2.45) is 0 Å². The molecule has 104 valence electrons. The molecule has 4 nitrogen and oxygen atoms in total. The van der Waals surface area contributed by atoms with E-state index in [4.69, 9.17) is 17.3 Å². The van der Waals surface area contributed by atoms with E-state index in [1.807, 2.05) is 24.3 Å². The molecule has 1 aromatic heterocycles. The lowest BCUT2D eigenvalue weighted by atomic mass is 10.1. The van der Waals surface area contributed by atoms with E-state index >= 15 is 0 Å². The maximum absolute atomic E-state index is 12.0. The Morgan fingerprint density at radius 3 is 2.75 bits per heavy atom. The van der Waals surface area contributed by atoms with Gasteiger partial charge in [0.15, 0.2) is 0 Å². The van der Waals surface area contributed by atoms with Crippen LogP contribution < -0.4 is 11.1 Å². The normalized spacial score (nSPS) is 10.3. The molecule has 0 radical (unpaired) electrons. The first kappa shape index (κ1) is 14.8. The Kier molecular flexibility index (Phi) is 4.98. The number of amides is 1. The van der Waals surface area contributed by atoms with Gasteiger partial charge in [0.25, 0.3) is 5.91 Å². The molecule has 1 heterocycles. The summed E-state index contributed by atoms with van der Waals surface area (Å²) in [6.45, 7) is 0.520. The average molecular weight is 355 g/mol. The molecule has 0 atom stereocenters. The summed E-state index contributed by atoms with van der Waals surface area (Å²) in [5, 5.41) is 3.52. The number of hydrogen-bond donors (Lipinski definition) is 2. The van der Waals surface area contributed by atoms with Crippen LogP contribution in [-0.2, 0) is 6.42 Å². The minimum atomic E-state index is -0.231. The van der Waals surface area contributed by atoms with Gasteiger partial charge in [0.2, 0.25) is 0 Å². The van der Waals surface area contributed by atoms with Gasteiger partial charge in [-0.05, 0) is 46.1 Å². The molecule has 20 heavy (non-hydrogen) atoms. The van der Waals surface area contributed by atoms with Crippen molar-refractivity contribution in [3.63, 3.8) is 0 Å². The number of carbonyl (C=O) groups is 1. The molecule has 1 amide bonds. The predicted octanol–water partition coefficient (Wildman–Crippen LogP) is 3.05. The van der Waals surface area contributed by atoms with E-state index in [0.29, 0.717) is 17.1 Å². The maximum atomic E-state index is 12.0. The average Bonchev–Trinajstić information content (AvgIpc) is 2.43. The van der Waals surface area contributed by atoms with Gasteiger partial charge in [-0.25, -0.2) is 4.98 Å². The van der Waals surface area contributed by atoms with Gasteiger partial charge in [-0.15, -0.1) is 0 Å². The molecule has 2 aromatic rings. The van der Waals surface area contributed by atoms with Crippen LogP contribution in [0.2, 0.25) is 5.02 Å². The number of nitrogens with zero attached hydrogens (tertiary/aromatic N) is 1. The van der Waals surface area contributed by atoms with Gasteiger partial charge >= 0.3 is 0 Å². The second-order valence-electron chi connectivity index (χ2n) is 4.22. The molecule has 0 unspecified atom stereocenters. The van der Waals surface area contributed by atoms with Crippen molar-refractivity contribution >= 4 is 39.3 Å². The van der Waals surface area contributed by atoms with Gasteiger partial charge in [0.05, 0.1) is 5.56 Å². The van der Waals surface area contributed by atoms with E-state index in [-0.39, 0.29) is 11.7 Å². The molecule has 2 rings (SSSR count). The Hall–Kier alpha value is -1.59. The number of hydrogen-bond acceptors (Lipinski definition) is 3. The highest BCUT2D eigenvalue weighted by Gasteiger charge is 2.10. The Bertz CT molecular complexity index is 616. The largest absolute Gasteiger partial charge is 0.383 e. The summed E-state index contributed by atoms with van der Waals surface area (Å²) in [5.41, 5.74) is 7.16. The fourth-order valence-corrected chi connectivity index (χ4v) is 2.16. The molecule has 1 aromatic carbocycles. The zero-order chi connectivity index (χ0) is 14.5. The fraction of sp³-hybridized carbons (Fsp3) is 0.143. The lowest BCUT2D eigenvalue weighted by Crippen LogP contribution is -2.26. The third kappa shape index (κ3) is 3.95. The molecular formula is C14H13BrClN3O. The topological polar surface area (TPSA) is 68.0 Å². The van der Waals surface area contributed by atoms with Crippen LogP contribution >= 0.6 is 27.5 Å². The molecule has 0 aliphatic rings. The van der Waals surface area contributed by atoms with Gasteiger partial charge in [-0.3, -0.25) is 4.79 Å². The number of benzene rings is 1. The molecule has 0 fully saturated rings. The second-order valence-corrected chi connectivity index (χ2v) is 5.57. The zero-order valence-electron chi connectivity index (χ0n) is 10.6. The predicted molar refractivity (Wildman–Crippen MR) is 83.8 cm³/mol. The summed E-state index contributed by atoms with van der Waals surface area (Å²) in [5.74, 6) is -0.0116.